The van der Waals surface area contributed by atoms with Gasteiger partial charge in [-0.25, -0.2) is 9.59 Å². The first-order chi connectivity index (χ1) is 11.6. The first kappa shape index (κ1) is 17.5. The number of ether oxygens (including phenoxy) is 2. The molecular weight excluding hydrogens is 304 g/mol. The molecular formula is C20H20O4. The van der Waals surface area contributed by atoms with Crippen molar-refractivity contribution >= 4 is 18.0 Å². The second-order valence-corrected chi connectivity index (χ2v) is 5.19. The summed E-state index contributed by atoms with van der Waals surface area (Å²) in [4.78, 5) is 23.9. The predicted molar refractivity (Wildman–Crippen MR) is 92.4 cm³/mol. The molecule has 124 valence electrons. The Labute approximate surface area is 141 Å². The quantitative estimate of drug-likeness (QED) is 0.597. The van der Waals surface area contributed by atoms with Crippen LogP contribution in [-0.4, -0.2) is 18.5 Å². The van der Waals surface area contributed by atoms with E-state index < -0.39 is 11.9 Å². The Kier molecular flexibility index (Phi) is 6.32. The number of carbonyl (C=O) groups excluding carboxylic acids is 2. The van der Waals surface area contributed by atoms with Gasteiger partial charge in [0.05, 0.1) is 12.2 Å². The minimum Gasteiger partial charge on any atom is -0.462 e. The fourth-order valence-corrected chi connectivity index (χ4v) is 2.25. The molecule has 0 radical (unpaired) electrons. The van der Waals surface area contributed by atoms with E-state index >= 15 is 0 Å². The van der Waals surface area contributed by atoms with Gasteiger partial charge < -0.3 is 9.47 Å². The third-order valence-electron chi connectivity index (χ3n) is 3.41. The van der Waals surface area contributed by atoms with Crippen molar-refractivity contribution in [3.63, 3.8) is 0 Å². The number of rotatable bonds is 6. The van der Waals surface area contributed by atoms with E-state index in [0.717, 1.165) is 11.1 Å². The van der Waals surface area contributed by atoms with E-state index in [1.54, 1.807) is 19.1 Å². The number of benzene rings is 2. The van der Waals surface area contributed by atoms with Gasteiger partial charge in [-0.05, 0) is 36.6 Å². The molecule has 0 atom stereocenters. The normalized spacial score (nSPS) is 10.6. The third kappa shape index (κ3) is 4.81. The monoisotopic (exact) mass is 324 g/mol. The molecule has 0 unspecified atom stereocenters. The molecule has 2 aromatic carbocycles. The third-order valence-corrected chi connectivity index (χ3v) is 3.41. The zero-order chi connectivity index (χ0) is 17.4. The highest BCUT2D eigenvalue weighted by molar-refractivity contribution is 5.97. The number of carbonyl (C=O) groups is 2. The molecule has 2 aromatic rings. The van der Waals surface area contributed by atoms with Crippen molar-refractivity contribution in [1.82, 2.24) is 0 Å². The Hall–Kier alpha value is -2.88. The molecule has 24 heavy (non-hydrogen) atoms. The first-order valence-electron chi connectivity index (χ1n) is 7.77. The number of hydrogen-bond donors (Lipinski definition) is 0. The fourth-order valence-electron chi connectivity index (χ4n) is 2.25. The van der Waals surface area contributed by atoms with Crippen molar-refractivity contribution < 1.29 is 19.1 Å². The van der Waals surface area contributed by atoms with Crippen molar-refractivity contribution in [1.29, 1.82) is 0 Å². The topological polar surface area (TPSA) is 52.6 Å². The van der Waals surface area contributed by atoms with E-state index in [4.69, 9.17) is 9.47 Å². The SMILES string of the molecule is CCOC(=O)c1c(C)cccc1C=CC(=O)OCc1ccccc1. The number of esters is 2. The van der Waals surface area contributed by atoms with Crippen LogP contribution in [0.4, 0.5) is 0 Å². The molecule has 0 aliphatic heterocycles. The van der Waals surface area contributed by atoms with Gasteiger partial charge in [0.15, 0.2) is 0 Å². The summed E-state index contributed by atoms with van der Waals surface area (Å²) in [6.07, 6.45) is 2.90. The van der Waals surface area contributed by atoms with Crippen molar-refractivity contribution in [2.75, 3.05) is 6.61 Å². The molecule has 0 saturated carbocycles. The summed E-state index contributed by atoms with van der Waals surface area (Å²) in [5.74, 6) is -0.858. The van der Waals surface area contributed by atoms with Gasteiger partial charge in [0, 0.05) is 6.08 Å². The summed E-state index contributed by atoms with van der Waals surface area (Å²) in [7, 11) is 0. The van der Waals surface area contributed by atoms with Gasteiger partial charge >= 0.3 is 11.9 Å². The number of hydrogen-bond acceptors (Lipinski definition) is 4. The molecule has 0 N–H and O–H groups in total. The highest BCUT2D eigenvalue weighted by atomic mass is 16.5. The number of aryl methyl sites for hydroxylation is 1. The van der Waals surface area contributed by atoms with Crippen molar-refractivity contribution in [2.24, 2.45) is 0 Å². The van der Waals surface area contributed by atoms with Crippen LogP contribution in [0.2, 0.25) is 0 Å². The molecule has 0 aliphatic carbocycles. The highest BCUT2D eigenvalue weighted by Gasteiger charge is 2.13. The lowest BCUT2D eigenvalue weighted by Crippen LogP contribution is -2.09. The van der Waals surface area contributed by atoms with Crippen LogP contribution in [0.1, 0.15) is 34.0 Å². The van der Waals surface area contributed by atoms with Crippen molar-refractivity contribution in [3.8, 4) is 0 Å². The molecule has 0 spiro atoms. The van der Waals surface area contributed by atoms with Crippen LogP contribution in [0.25, 0.3) is 6.08 Å². The molecule has 0 aliphatic rings. The van der Waals surface area contributed by atoms with Crippen LogP contribution in [0.15, 0.2) is 54.6 Å². The van der Waals surface area contributed by atoms with Gasteiger partial charge in [-0.15, -0.1) is 0 Å². The molecule has 4 nitrogen and oxygen atoms in total. The molecule has 0 heterocycles. The lowest BCUT2D eigenvalue weighted by Gasteiger charge is -2.08. The first-order valence-corrected chi connectivity index (χ1v) is 7.77. The predicted octanol–water partition coefficient (Wildman–Crippen LogP) is 3.93. The minimum absolute atomic E-state index is 0.211. The average Bonchev–Trinajstić information content (AvgIpc) is 2.59. The molecule has 2 rings (SSSR count). The average molecular weight is 324 g/mol. The van der Waals surface area contributed by atoms with Crippen LogP contribution in [0.5, 0.6) is 0 Å². The van der Waals surface area contributed by atoms with E-state index in [-0.39, 0.29) is 6.61 Å². The Morgan fingerprint density at radius 2 is 1.75 bits per heavy atom. The van der Waals surface area contributed by atoms with E-state index in [1.807, 2.05) is 49.4 Å². The maximum Gasteiger partial charge on any atom is 0.338 e. The zero-order valence-electron chi connectivity index (χ0n) is 13.8. The van der Waals surface area contributed by atoms with Crippen LogP contribution in [-0.2, 0) is 20.9 Å². The van der Waals surface area contributed by atoms with Gasteiger partial charge in [-0.2, -0.15) is 0 Å². The van der Waals surface area contributed by atoms with E-state index in [0.29, 0.717) is 17.7 Å². The highest BCUT2D eigenvalue weighted by Crippen LogP contribution is 2.17. The van der Waals surface area contributed by atoms with Crippen molar-refractivity contribution in [3.05, 3.63) is 76.9 Å². The van der Waals surface area contributed by atoms with Crippen molar-refractivity contribution in [2.45, 2.75) is 20.5 Å². The molecule has 4 heteroatoms. The van der Waals surface area contributed by atoms with Crippen LogP contribution < -0.4 is 0 Å². The summed E-state index contributed by atoms with van der Waals surface area (Å²) in [5.41, 5.74) is 2.81. The Morgan fingerprint density at radius 3 is 2.46 bits per heavy atom. The summed E-state index contributed by atoms with van der Waals surface area (Å²) >= 11 is 0. The smallest absolute Gasteiger partial charge is 0.338 e. The summed E-state index contributed by atoms with van der Waals surface area (Å²) in [6, 6.07) is 14.9. The standard InChI is InChI=1S/C20H20O4/c1-3-23-20(22)19-15(2)8-7-11-17(19)12-13-18(21)24-14-16-9-5-4-6-10-16/h4-13H,3,14H2,1-2H3. The largest absolute Gasteiger partial charge is 0.462 e. The summed E-state index contributed by atoms with van der Waals surface area (Å²) in [5, 5.41) is 0. The molecule has 0 fully saturated rings. The lowest BCUT2D eigenvalue weighted by molar-refractivity contribution is -0.138. The van der Waals surface area contributed by atoms with Gasteiger partial charge in [-0.1, -0.05) is 48.5 Å². The van der Waals surface area contributed by atoms with E-state index in [1.165, 1.54) is 6.08 Å². The van der Waals surface area contributed by atoms with Gasteiger partial charge in [0.1, 0.15) is 6.61 Å². The molecule has 0 bridgehead atoms. The van der Waals surface area contributed by atoms with Crippen LogP contribution in [0, 0.1) is 6.92 Å². The van der Waals surface area contributed by atoms with Crippen LogP contribution in [0.3, 0.4) is 0 Å². The molecule has 0 amide bonds. The molecule has 0 aromatic heterocycles. The second-order valence-electron chi connectivity index (χ2n) is 5.19. The summed E-state index contributed by atoms with van der Waals surface area (Å²) in [6.45, 7) is 4.10. The Bertz CT molecular complexity index is 733. The van der Waals surface area contributed by atoms with Gasteiger partial charge in [0.2, 0.25) is 0 Å². The minimum atomic E-state index is -0.463. The lowest BCUT2D eigenvalue weighted by atomic mass is 10.0. The maximum absolute atomic E-state index is 12.1. The second kappa shape index (κ2) is 8.67. The maximum atomic E-state index is 12.1. The molecule has 0 saturated heterocycles. The summed E-state index contributed by atoms with van der Waals surface area (Å²) < 4.78 is 10.3. The zero-order valence-corrected chi connectivity index (χ0v) is 13.8. The Morgan fingerprint density at radius 1 is 1.00 bits per heavy atom. The fraction of sp³-hybridized carbons (Fsp3) is 0.200. The van der Waals surface area contributed by atoms with E-state index in [2.05, 4.69) is 0 Å². The van der Waals surface area contributed by atoms with Gasteiger partial charge in [-0.3, -0.25) is 0 Å². The Balaban J connectivity index is 2.07. The van der Waals surface area contributed by atoms with E-state index in [9.17, 15) is 9.59 Å². The van der Waals surface area contributed by atoms with Gasteiger partial charge in [0.25, 0.3) is 0 Å². The van der Waals surface area contributed by atoms with Crippen LogP contribution >= 0.6 is 0 Å².